The van der Waals surface area contributed by atoms with Crippen LogP contribution in [0.5, 0.6) is 5.75 Å². The SMILES string of the molecule is CC1=C(Br)N2CC=C(Oc3cccc(C(F)(F)F)c3)N=C2S1. The summed E-state index contributed by atoms with van der Waals surface area (Å²) in [6.45, 7) is 2.51. The number of halogens is 4. The molecule has 22 heavy (non-hydrogen) atoms. The Kier molecular flexibility index (Phi) is 3.98. The Bertz CT molecular complexity index is 712. The molecule has 0 saturated heterocycles. The number of aliphatic imine (C=N–C) groups is 1. The molecule has 0 fully saturated rings. The molecule has 116 valence electrons. The molecule has 0 spiro atoms. The van der Waals surface area contributed by atoms with Gasteiger partial charge in [0.15, 0.2) is 5.17 Å². The zero-order valence-electron chi connectivity index (χ0n) is 11.3. The standard InChI is InChI=1S/C14H10BrF3N2OS/c1-8-12(15)20-6-5-11(19-13(20)22-8)21-10-4-2-3-9(7-10)14(16,17)18/h2-5,7H,6H2,1H3. The van der Waals surface area contributed by atoms with Crippen molar-refractivity contribution >= 4 is 32.9 Å². The Labute approximate surface area is 137 Å². The highest BCUT2D eigenvalue weighted by Gasteiger charge is 2.31. The van der Waals surface area contributed by atoms with Crippen molar-refractivity contribution in [1.29, 1.82) is 0 Å². The van der Waals surface area contributed by atoms with Crippen LogP contribution in [-0.4, -0.2) is 16.6 Å². The van der Waals surface area contributed by atoms with Gasteiger partial charge in [-0.3, -0.25) is 0 Å². The van der Waals surface area contributed by atoms with Gasteiger partial charge in [-0.15, -0.1) is 0 Å². The van der Waals surface area contributed by atoms with E-state index in [0.717, 1.165) is 26.8 Å². The van der Waals surface area contributed by atoms with E-state index in [-0.39, 0.29) is 5.75 Å². The molecule has 1 aromatic rings. The topological polar surface area (TPSA) is 24.8 Å². The predicted octanol–water partition coefficient (Wildman–Crippen LogP) is 4.93. The number of hydrogen-bond donors (Lipinski definition) is 0. The van der Waals surface area contributed by atoms with Gasteiger partial charge in [0.25, 0.3) is 0 Å². The molecule has 0 saturated carbocycles. The lowest BCUT2D eigenvalue weighted by Crippen LogP contribution is -2.26. The zero-order valence-corrected chi connectivity index (χ0v) is 13.7. The van der Waals surface area contributed by atoms with Crippen molar-refractivity contribution in [3.63, 3.8) is 0 Å². The smallest absolute Gasteiger partial charge is 0.416 e. The van der Waals surface area contributed by atoms with Gasteiger partial charge in [0.1, 0.15) is 5.75 Å². The molecule has 0 amide bonds. The minimum atomic E-state index is -4.39. The zero-order chi connectivity index (χ0) is 15.9. The van der Waals surface area contributed by atoms with Gasteiger partial charge >= 0.3 is 6.18 Å². The van der Waals surface area contributed by atoms with E-state index in [0.29, 0.717) is 12.4 Å². The van der Waals surface area contributed by atoms with Gasteiger partial charge in [0, 0.05) is 11.4 Å². The Morgan fingerprint density at radius 3 is 2.86 bits per heavy atom. The number of ether oxygens (including phenoxy) is 1. The quantitative estimate of drug-likeness (QED) is 0.669. The van der Waals surface area contributed by atoms with Gasteiger partial charge in [0.05, 0.1) is 10.2 Å². The fourth-order valence-corrected chi connectivity index (χ4v) is 3.53. The first kappa shape index (κ1) is 15.5. The molecule has 0 radical (unpaired) electrons. The van der Waals surface area contributed by atoms with Crippen molar-refractivity contribution in [1.82, 2.24) is 4.90 Å². The molecule has 0 aliphatic carbocycles. The van der Waals surface area contributed by atoms with Crippen LogP contribution in [0.25, 0.3) is 0 Å². The molecule has 0 bridgehead atoms. The number of allylic oxidation sites excluding steroid dienone is 1. The molecule has 3 nitrogen and oxygen atoms in total. The number of alkyl halides is 3. The van der Waals surface area contributed by atoms with Crippen LogP contribution < -0.4 is 4.74 Å². The number of amidine groups is 1. The molecule has 8 heteroatoms. The first-order valence-corrected chi connectivity index (χ1v) is 7.91. The summed E-state index contributed by atoms with van der Waals surface area (Å²) in [6, 6.07) is 4.76. The normalized spacial score (nSPS) is 18.1. The summed E-state index contributed by atoms with van der Waals surface area (Å²) >= 11 is 4.96. The first-order valence-electron chi connectivity index (χ1n) is 6.30. The lowest BCUT2D eigenvalue weighted by molar-refractivity contribution is -0.137. The second kappa shape index (κ2) is 5.66. The lowest BCUT2D eigenvalue weighted by atomic mass is 10.2. The van der Waals surface area contributed by atoms with Crippen molar-refractivity contribution in [3.05, 3.63) is 51.3 Å². The highest BCUT2D eigenvalue weighted by molar-refractivity contribution is 9.11. The summed E-state index contributed by atoms with van der Waals surface area (Å²) in [4.78, 5) is 7.36. The maximum absolute atomic E-state index is 12.7. The molecule has 3 rings (SSSR count). The molecule has 0 atom stereocenters. The largest absolute Gasteiger partial charge is 0.439 e. The van der Waals surface area contributed by atoms with E-state index < -0.39 is 11.7 Å². The van der Waals surface area contributed by atoms with Crippen LogP contribution in [0.2, 0.25) is 0 Å². The van der Waals surface area contributed by atoms with Crippen LogP contribution in [0, 0.1) is 0 Å². The fraction of sp³-hybridized carbons (Fsp3) is 0.214. The number of hydrogen-bond acceptors (Lipinski definition) is 4. The van der Waals surface area contributed by atoms with Crippen molar-refractivity contribution < 1.29 is 17.9 Å². The maximum Gasteiger partial charge on any atom is 0.416 e. The van der Waals surface area contributed by atoms with Crippen LogP contribution in [-0.2, 0) is 6.18 Å². The Balaban J connectivity index is 1.78. The van der Waals surface area contributed by atoms with E-state index in [1.807, 2.05) is 11.8 Å². The lowest BCUT2D eigenvalue weighted by Gasteiger charge is -2.21. The summed E-state index contributed by atoms with van der Waals surface area (Å²) in [5.74, 6) is 0.415. The Hall–Kier alpha value is -1.41. The highest BCUT2D eigenvalue weighted by Crippen LogP contribution is 2.39. The minimum Gasteiger partial charge on any atom is -0.439 e. The van der Waals surface area contributed by atoms with Crippen LogP contribution >= 0.6 is 27.7 Å². The van der Waals surface area contributed by atoms with Crippen LogP contribution in [0.1, 0.15) is 12.5 Å². The van der Waals surface area contributed by atoms with Gasteiger partial charge in [-0.1, -0.05) is 17.8 Å². The van der Waals surface area contributed by atoms with Gasteiger partial charge in [-0.2, -0.15) is 18.2 Å². The molecule has 2 heterocycles. The molecule has 2 aliphatic rings. The summed E-state index contributed by atoms with van der Waals surface area (Å²) in [7, 11) is 0. The fourth-order valence-electron chi connectivity index (χ4n) is 1.98. The van der Waals surface area contributed by atoms with E-state index in [1.54, 1.807) is 6.08 Å². The molecular formula is C14H10BrF3N2OS. The average molecular weight is 391 g/mol. The Morgan fingerprint density at radius 1 is 1.36 bits per heavy atom. The van der Waals surface area contributed by atoms with Crippen molar-refractivity contribution in [3.8, 4) is 5.75 Å². The third-order valence-electron chi connectivity index (χ3n) is 3.04. The van der Waals surface area contributed by atoms with Gasteiger partial charge in [-0.05, 0) is 47.1 Å². The van der Waals surface area contributed by atoms with Gasteiger partial charge in [0.2, 0.25) is 5.88 Å². The number of nitrogens with zero attached hydrogens (tertiary/aromatic N) is 2. The van der Waals surface area contributed by atoms with Crippen molar-refractivity contribution in [2.75, 3.05) is 6.54 Å². The van der Waals surface area contributed by atoms with Crippen LogP contribution in [0.15, 0.2) is 50.7 Å². The molecule has 0 N–H and O–H groups in total. The molecule has 0 unspecified atom stereocenters. The van der Waals surface area contributed by atoms with Gasteiger partial charge < -0.3 is 9.64 Å². The molecule has 1 aromatic carbocycles. The molecular weight excluding hydrogens is 381 g/mol. The Morgan fingerprint density at radius 2 is 2.14 bits per heavy atom. The second-order valence-electron chi connectivity index (χ2n) is 4.62. The van der Waals surface area contributed by atoms with Crippen LogP contribution in [0.4, 0.5) is 13.2 Å². The number of thioether (sulfide) groups is 1. The summed E-state index contributed by atoms with van der Waals surface area (Å²) in [5.41, 5.74) is -0.744. The molecule has 2 aliphatic heterocycles. The van der Waals surface area contributed by atoms with E-state index in [4.69, 9.17) is 4.74 Å². The summed E-state index contributed by atoms with van der Waals surface area (Å²) in [5, 5.41) is 0.744. The first-order chi connectivity index (χ1) is 10.3. The third kappa shape index (κ3) is 3.03. The molecule has 0 aromatic heterocycles. The average Bonchev–Trinajstić information content (AvgIpc) is 2.73. The van der Waals surface area contributed by atoms with E-state index >= 15 is 0 Å². The third-order valence-corrected chi connectivity index (χ3v) is 5.32. The van der Waals surface area contributed by atoms with E-state index in [2.05, 4.69) is 20.9 Å². The van der Waals surface area contributed by atoms with E-state index in [9.17, 15) is 13.2 Å². The predicted molar refractivity (Wildman–Crippen MR) is 83.5 cm³/mol. The second-order valence-corrected chi connectivity index (χ2v) is 6.56. The monoisotopic (exact) mass is 390 g/mol. The summed E-state index contributed by atoms with van der Waals surface area (Å²) in [6.07, 6.45) is -2.67. The van der Waals surface area contributed by atoms with Crippen LogP contribution in [0.3, 0.4) is 0 Å². The number of benzene rings is 1. The van der Waals surface area contributed by atoms with Crippen molar-refractivity contribution in [2.24, 2.45) is 4.99 Å². The number of fused-ring (bicyclic) bond motifs is 1. The maximum atomic E-state index is 12.7. The minimum absolute atomic E-state index is 0.116. The highest BCUT2D eigenvalue weighted by atomic mass is 79.9. The van der Waals surface area contributed by atoms with Gasteiger partial charge in [-0.25, -0.2) is 0 Å². The van der Waals surface area contributed by atoms with Crippen molar-refractivity contribution in [2.45, 2.75) is 13.1 Å². The summed E-state index contributed by atoms with van der Waals surface area (Å²) < 4.78 is 44.5. The number of rotatable bonds is 2. The van der Waals surface area contributed by atoms with E-state index in [1.165, 1.54) is 23.9 Å².